The number of nitrogens with zero attached hydrogens (tertiary/aromatic N) is 3. The first-order valence-electron chi connectivity index (χ1n) is 6.15. The van der Waals surface area contributed by atoms with E-state index in [9.17, 15) is 4.79 Å². The van der Waals surface area contributed by atoms with Gasteiger partial charge in [0, 0.05) is 6.54 Å². The standard InChI is InChI=1S/C12H18N4O2.ClH/c1-18-12(17)4-6-16-11(9-14-15-16)7-10-3-2-5-13-8-10;/h7,9,13H,2-6,8H2,1H3;1H. The summed E-state index contributed by atoms with van der Waals surface area (Å²) < 4.78 is 6.35. The van der Waals surface area contributed by atoms with Crippen LogP contribution in [0.25, 0.3) is 6.08 Å². The average molecular weight is 287 g/mol. The van der Waals surface area contributed by atoms with Gasteiger partial charge in [-0.3, -0.25) is 4.79 Å². The number of hydrogen-bond donors (Lipinski definition) is 1. The predicted octanol–water partition coefficient (Wildman–Crippen LogP) is 1.03. The molecule has 19 heavy (non-hydrogen) atoms. The molecule has 106 valence electrons. The molecule has 0 bridgehead atoms. The van der Waals surface area contributed by atoms with Crippen LogP contribution in [0.1, 0.15) is 25.0 Å². The van der Waals surface area contributed by atoms with Gasteiger partial charge in [-0.1, -0.05) is 10.8 Å². The highest BCUT2D eigenvalue weighted by Crippen LogP contribution is 2.13. The lowest BCUT2D eigenvalue weighted by Crippen LogP contribution is -2.23. The van der Waals surface area contributed by atoms with E-state index in [1.807, 2.05) is 0 Å². The van der Waals surface area contributed by atoms with E-state index < -0.39 is 0 Å². The molecule has 0 unspecified atom stereocenters. The Morgan fingerprint density at radius 2 is 2.47 bits per heavy atom. The quantitative estimate of drug-likeness (QED) is 0.837. The Balaban J connectivity index is 0.00000180. The number of carbonyl (C=O) groups is 1. The largest absolute Gasteiger partial charge is 0.469 e. The average Bonchev–Trinajstić information content (AvgIpc) is 2.84. The van der Waals surface area contributed by atoms with Crippen molar-refractivity contribution < 1.29 is 9.53 Å². The van der Waals surface area contributed by atoms with Gasteiger partial charge in [0.2, 0.25) is 0 Å². The van der Waals surface area contributed by atoms with Gasteiger partial charge >= 0.3 is 5.97 Å². The van der Waals surface area contributed by atoms with Gasteiger partial charge in [0.05, 0.1) is 32.0 Å². The van der Waals surface area contributed by atoms with Gasteiger partial charge in [-0.15, -0.1) is 17.5 Å². The second-order valence-electron chi connectivity index (χ2n) is 4.29. The van der Waals surface area contributed by atoms with Crippen molar-refractivity contribution in [3.63, 3.8) is 0 Å². The van der Waals surface area contributed by atoms with Crippen LogP contribution in [0.15, 0.2) is 11.8 Å². The van der Waals surface area contributed by atoms with Crippen LogP contribution in [-0.2, 0) is 16.1 Å². The van der Waals surface area contributed by atoms with E-state index in [0.717, 1.165) is 31.6 Å². The van der Waals surface area contributed by atoms with E-state index in [1.165, 1.54) is 12.7 Å². The molecule has 0 radical (unpaired) electrons. The van der Waals surface area contributed by atoms with Crippen molar-refractivity contribution in [2.24, 2.45) is 0 Å². The fourth-order valence-corrected chi connectivity index (χ4v) is 1.96. The van der Waals surface area contributed by atoms with E-state index in [2.05, 4.69) is 26.4 Å². The summed E-state index contributed by atoms with van der Waals surface area (Å²) in [6.45, 7) is 2.50. The molecule has 1 aliphatic rings. The number of esters is 1. The number of halogens is 1. The molecule has 1 aromatic heterocycles. The maximum atomic E-state index is 11.1. The number of aromatic nitrogens is 3. The molecule has 1 aromatic rings. The van der Waals surface area contributed by atoms with E-state index >= 15 is 0 Å². The molecule has 6 nitrogen and oxygen atoms in total. The van der Waals surface area contributed by atoms with E-state index in [0.29, 0.717) is 13.0 Å². The molecule has 1 N–H and O–H groups in total. The van der Waals surface area contributed by atoms with Gasteiger partial charge in [0.25, 0.3) is 0 Å². The molecule has 1 fully saturated rings. The third kappa shape index (κ3) is 4.65. The molecule has 0 atom stereocenters. The van der Waals surface area contributed by atoms with Crippen LogP contribution < -0.4 is 5.32 Å². The second kappa shape index (κ2) is 7.91. The van der Waals surface area contributed by atoms with Crippen LogP contribution in [0.5, 0.6) is 0 Å². The summed E-state index contributed by atoms with van der Waals surface area (Å²) >= 11 is 0. The summed E-state index contributed by atoms with van der Waals surface area (Å²) in [7, 11) is 1.39. The van der Waals surface area contributed by atoms with Crippen LogP contribution in [-0.4, -0.2) is 41.2 Å². The zero-order valence-corrected chi connectivity index (χ0v) is 11.8. The third-order valence-electron chi connectivity index (χ3n) is 2.96. The number of nitrogens with one attached hydrogen (secondary N) is 1. The third-order valence-corrected chi connectivity index (χ3v) is 2.96. The molecule has 0 saturated carbocycles. The Kier molecular flexibility index (Phi) is 6.52. The fraction of sp³-hybridized carbons (Fsp3) is 0.583. The summed E-state index contributed by atoms with van der Waals surface area (Å²) in [6.07, 6.45) is 6.40. The first-order valence-corrected chi connectivity index (χ1v) is 6.15. The molecule has 1 aliphatic heterocycles. The predicted molar refractivity (Wildman–Crippen MR) is 74.0 cm³/mol. The van der Waals surface area contributed by atoms with Crippen molar-refractivity contribution in [2.45, 2.75) is 25.8 Å². The van der Waals surface area contributed by atoms with Crippen LogP contribution >= 0.6 is 12.4 Å². The van der Waals surface area contributed by atoms with E-state index in [1.54, 1.807) is 10.9 Å². The molecule has 1 saturated heterocycles. The first-order chi connectivity index (χ1) is 8.79. The Morgan fingerprint density at radius 1 is 1.63 bits per heavy atom. The Labute approximate surface area is 118 Å². The first kappa shape index (κ1) is 15.7. The minimum Gasteiger partial charge on any atom is -0.469 e. The summed E-state index contributed by atoms with van der Waals surface area (Å²) in [5.74, 6) is -0.233. The lowest BCUT2D eigenvalue weighted by Gasteiger charge is -2.15. The Hall–Kier alpha value is -1.40. The minimum atomic E-state index is -0.233. The van der Waals surface area contributed by atoms with Gasteiger partial charge in [0.1, 0.15) is 0 Å². The molecule has 0 aliphatic carbocycles. The maximum Gasteiger partial charge on any atom is 0.307 e. The van der Waals surface area contributed by atoms with E-state index in [-0.39, 0.29) is 18.4 Å². The van der Waals surface area contributed by atoms with Crippen molar-refractivity contribution in [1.82, 2.24) is 20.3 Å². The highest BCUT2D eigenvalue weighted by Gasteiger charge is 2.08. The zero-order chi connectivity index (χ0) is 12.8. The van der Waals surface area contributed by atoms with Gasteiger partial charge in [0.15, 0.2) is 0 Å². The fourth-order valence-electron chi connectivity index (χ4n) is 1.96. The van der Waals surface area contributed by atoms with Crippen LogP contribution in [0, 0.1) is 0 Å². The molecule has 2 rings (SSSR count). The van der Waals surface area contributed by atoms with Crippen LogP contribution in [0.2, 0.25) is 0 Å². The van der Waals surface area contributed by atoms with Gasteiger partial charge in [-0.25, -0.2) is 4.68 Å². The van der Waals surface area contributed by atoms with Crippen molar-refractivity contribution in [2.75, 3.05) is 20.2 Å². The Morgan fingerprint density at radius 3 is 3.16 bits per heavy atom. The monoisotopic (exact) mass is 286 g/mol. The number of aryl methyl sites for hydroxylation is 1. The van der Waals surface area contributed by atoms with Crippen molar-refractivity contribution in [1.29, 1.82) is 0 Å². The van der Waals surface area contributed by atoms with Gasteiger partial charge in [-0.2, -0.15) is 0 Å². The van der Waals surface area contributed by atoms with Gasteiger partial charge in [-0.05, 0) is 25.5 Å². The highest BCUT2D eigenvalue weighted by atomic mass is 35.5. The van der Waals surface area contributed by atoms with Crippen molar-refractivity contribution >= 4 is 24.5 Å². The molecule has 0 spiro atoms. The SMILES string of the molecule is COC(=O)CCn1nncc1C=C1CCCNC1.Cl. The van der Waals surface area contributed by atoms with Crippen LogP contribution in [0.3, 0.4) is 0 Å². The minimum absolute atomic E-state index is 0. The normalized spacial score (nSPS) is 17.0. The lowest BCUT2D eigenvalue weighted by atomic mass is 10.1. The lowest BCUT2D eigenvalue weighted by molar-refractivity contribution is -0.140. The summed E-state index contributed by atoms with van der Waals surface area (Å²) in [4.78, 5) is 11.1. The molecule has 0 amide bonds. The molecule has 7 heteroatoms. The molecular weight excluding hydrogens is 268 g/mol. The Bertz CT molecular complexity index is 437. The van der Waals surface area contributed by atoms with Crippen LogP contribution in [0.4, 0.5) is 0 Å². The summed E-state index contributed by atoms with van der Waals surface area (Å²) in [6, 6.07) is 0. The smallest absolute Gasteiger partial charge is 0.307 e. The molecular formula is C12H19ClN4O2. The molecule has 2 heterocycles. The van der Waals surface area contributed by atoms with Crippen molar-refractivity contribution in [3.05, 3.63) is 17.5 Å². The number of carbonyl (C=O) groups excluding carboxylic acids is 1. The number of rotatable bonds is 4. The number of piperidine rings is 1. The van der Waals surface area contributed by atoms with Crippen molar-refractivity contribution in [3.8, 4) is 0 Å². The number of hydrogen-bond acceptors (Lipinski definition) is 5. The maximum absolute atomic E-state index is 11.1. The number of ether oxygens (including phenoxy) is 1. The summed E-state index contributed by atoms with van der Waals surface area (Å²) in [5.41, 5.74) is 2.29. The van der Waals surface area contributed by atoms with E-state index in [4.69, 9.17) is 0 Å². The topological polar surface area (TPSA) is 69.0 Å². The number of methoxy groups -OCH3 is 1. The summed E-state index contributed by atoms with van der Waals surface area (Å²) in [5, 5.41) is 11.2. The zero-order valence-electron chi connectivity index (χ0n) is 11.0. The van der Waals surface area contributed by atoms with Gasteiger partial charge < -0.3 is 10.1 Å². The second-order valence-corrected chi connectivity index (χ2v) is 4.29. The highest BCUT2D eigenvalue weighted by molar-refractivity contribution is 5.85. The molecule has 0 aromatic carbocycles.